The number of hydrogen-bond acceptors (Lipinski definition) is 5. The van der Waals surface area contributed by atoms with E-state index >= 15 is 0 Å². The molecule has 1 unspecified atom stereocenters. The Bertz CT molecular complexity index is 1170. The lowest BCUT2D eigenvalue weighted by Gasteiger charge is -2.23. The Kier molecular flexibility index (Phi) is 12.9. The Morgan fingerprint density at radius 2 is 1.65 bits per heavy atom. The highest BCUT2D eigenvalue weighted by Crippen LogP contribution is 2.20. The number of ether oxygens (including phenoxy) is 2. The normalized spacial score (nSPS) is 11.7. The predicted octanol–water partition coefficient (Wildman–Crippen LogP) is 6.94. The van der Waals surface area contributed by atoms with Gasteiger partial charge in [0.05, 0.1) is 6.54 Å². The van der Waals surface area contributed by atoms with Gasteiger partial charge in [-0.3, -0.25) is 0 Å². The number of benzene rings is 3. The molecule has 3 rings (SSSR count). The van der Waals surface area contributed by atoms with E-state index in [1.807, 2.05) is 66.7 Å². The molecule has 0 aliphatic heterocycles. The van der Waals surface area contributed by atoms with Crippen LogP contribution in [0.5, 0.6) is 5.75 Å². The number of rotatable bonds is 16. The quantitative estimate of drug-likeness (QED) is 0.145. The van der Waals surface area contributed by atoms with Gasteiger partial charge >= 0.3 is 12.0 Å². The van der Waals surface area contributed by atoms with Gasteiger partial charge in [0.15, 0.2) is 6.10 Å². The summed E-state index contributed by atoms with van der Waals surface area (Å²) in [5, 5.41) is 12.3. The standard InChI is InChI=1S/C32H40N2O5S/c1-4-38-30(31(35)36)23-25-11-17-28(18-12-25)39-21-20-34(19-8-22-40-29-9-6-5-7-10-29)32(37)33-27-15-13-26(14-16-27)24(2)3/h5-7,9-18,24,30H,4,8,19-23H2,1-3H3,(H,33,37)(H,35,36). The number of carboxylic acids is 1. The number of amides is 2. The zero-order valence-electron chi connectivity index (χ0n) is 23.5. The van der Waals surface area contributed by atoms with Gasteiger partial charge in [-0.05, 0) is 72.5 Å². The van der Waals surface area contributed by atoms with Crippen LogP contribution < -0.4 is 10.1 Å². The SMILES string of the molecule is CCOC(Cc1ccc(OCCN(CCCSc2ccccc2)C(=O)Nc2ccc(C(C)C)cc2)cc1)C(=O)O. The van der Waals surface area contributed by atoms with Crippen molar-refractivity contribution in [2.75, 3.05) is 37.4 Å². The summed E-state index contributed by atoms with van der Waals surface area (Å²) in [4.78, 5) is 27.5. The van der Waals surface area contributed by atoms with Crippen molar-refractivity contribution in [2.45, 2.75) is 50.5 Å². The summed E-state index contributed by atoms with van der Waals surface area (Å²) in [6.45, 7) is 7.78. The van der Waals surface area contributed by atoms with Gasteiger partial charge in [-0.25, -0.2) is 9.59 Å². The second-order valence-corrected chi connectivity index (χ2v) is 10.9. The van der Waals surface area contributed by atoms with E-state index < -0.39 is 12.1 Å². The zero-order valence-corrected chi connectivity index (χ0v) is 24.4. The van der Waals surface area contributed by atoms with Gasteiger partial charge in [0.25, 0.3) is 0 Å². The maximum absolute atomic E-state index is 13.2. The van der Waals surface area contributed by atoms with Crippen LogP contribution in [-0.4, -0.2) is 60.2 Å². The Labute approximate surface area is 241 Å². The van der Waals surface area contributed by atoms with E-state index in [0.717, 1.165) is 23.4 Å². The number of hydrogen-bond donors (Lipinski definition) is 2. The van der Waals surface area contributed by atoms with Gasteiger partial charge in [0.2, 0.25) is 0 Å². The molecule has 8 heteroatoms. The van der Waals surface area contributed by atoms with E-state index in [1.165, 1.54) is 10.5 Å². The van der Waals surface area contributed by atoms with Crippen LogP contribution in [-0.2, 0) is 16.0 Å². The fourth-order valence-electron chi connectivity index (χ4n) is 4.06. The Morgan fingerprint density at radius 1 is 0.950 bits per heavy atom. The molecule has 0 aromatic heterocycles. The van der Waals surface area contributed by atoms with Crippen molar-refractivity contribution in [1.29, 1.82) is 0 Å². The number of anilines is 1. The molecule has 0 radical (unpaired) electrons. The van der Waals surface area contributed by atoms with E-state index in [0.29, 0.717) is 38.0 Å². The number of thioether (sulfide) groups is 1. The average Bonchev–Trinajstić information content (AvgIpc) is 2.95. The molecule has 0 aliphatic rings. The van der Waals surface area contributed by atoms with Gasteiger partial charge in [0.1, 0.15) is 12.4 Å². The minimum atomic E-state index is -0.974. The number of urea groups is 1. The third-order valence-corrected chi connectivity index (χ3v) is 7.42. The first kappa shape index (κ1) is 31.0. The van der Waals surface area contributed by atoms with Gasteiger partial charge < -0.3 is 24.8 Å². The molecule has 2 N–H and O–H groups in total. The molecule has 40 heavy (non-hydrogen) atoms. The molecule has 214 valence electrons. The van der Waals surface area contributed by atoms with Crippen LogP contribution in [0, 0.1) is 0 Å². The van der Waals surface area contributed by atoms with Crippen LogP contribution in [0.15, 0.2) is 83.8 Å². The molecule has 0 saturated heterocycles. The van der Waals surface area contributed by atoms with Crippen molar-refractivity contribution >= 4 is 29.4 Å². The third-order valence-electron chi connectivity index (χ3n) is 6.32. The molecule has 0 saturated carbocycles. The fraction of sp³-hybridized carbons (Fsp3) is 0.375. The van der Waals surface area contributed by atoms with Crippen LogP contribution in [0.25, 0.3) is 0 Å². The highest BCUT2D eigenvalue weighted by atomic mass is 32.2. The molecule has 7 nitrogen and oxygen atoms in total. The summed E-state index contributed by atoms with van der Waals surface area (Å²) in [6.07, 6.45) is 0.264. The number of nitrogens with zero attached hydrogens (tertiary/aromatic N) is 1. The Hall–Kier alpha value is -3.49. The third kappa shape index (κ3) is 10.6. The second kappa shape index (κ2) is 16.6. The Balaban J connectivity index is 1.55. The topological polar surface area (TPSA) is 88.1 Å². The highest BCUT2D eigenvalue weighted by molar-refractivity contribution is 7.99. The van der Waals surface area contributed by atoms with Crippen molar-refractivity contribution in [1.82, 2.24) is 4.90 Å². The summed E-state index contributed by atoms with van der Waals surface area (Å²) >= 11 is 1.78. The summed E-state index contributed by atoms with van der Waals surface area (Å²) in [7, 11) is 0. The predicted molar refractivity (Wildman–Crippen MR) is 162 cm³/mol. The summed E-state index contributed by atoms with van der Waals surface area (Å²) in [5.74, 6) is 1.02. The number of carbonyl (C=O) groups excluding carboxylic acids is 1. The van der Waals surface area contributed by atoms with Gasteiger partial charge in [-0.2, -0.15) is 0 Å². The first-order valence-electron chi connectivity index (χ1n) is 13.8. The van der Waals surface area contributed by atoms with Crippen molar-refractivity contribution in [3.05, 3.63) is 90.0 Å². The molecular formula is C32H40N2O5S. The molecule has 0 aliphatic carbocycles. The lowest BCUT2D eigenvalue weighted by molar-refractivity contribution is -0.149. The Morgan fingerprint density at radius 3 is 2.27 bits per heavy atom. The highest BCUT2D eigenvalue weighted by Gasteiger charge is 2.18. The van der Waals surface area contributed by atoms with Crippen LogP contribution in [0.1, 0.15) is 44.2 Å². The number of aliphatic carboxylic acids is 1. The summed E-state index contributed by atoms with van der Waals surface area (Å²) in [6, 6.07) is 25.4. The zero-order chi connectivity index (χ0) is 28.7. The lowest BCUT2D eigenvalue weighted by Crippen LogP contribution is -2.38. The van der Waals surface area contributed by atoms with Crippen molar-refractivity contribution in [3.63, 3.8) is 0 Å². The van der Waals surface area contributed by atoms with Crippen LogP contribution in [0.3, 0.4) is 0 Å². The maximum atomic E-state index is 13.2. The van der Waals surface area contributed by atoms with Crippen LogP contribution in [0.2, 0.25) is 0 Å². The number of nitrogens with one attached hydrogen (secondary N) is 1. The van der Waals surface area contributed by atoms with Crippen LogP contribution >= 0.6 is 11.8 Å². The van der Waals surface area contributed by atoms with Crippen molar-refractivity contribution < 1.29 is 24.2 Å². The number of carbonyl (C=O) groups is 2. The summed E-state index contributed by atoms with van der Waals surface area (Å²) < 4.78 is 11.2. The molecular weight excluding hydrogens is 524 g/mol. The molecule has 0 fully saturated rings. The molecule has 0 bridgehead atoms. The molecule has 3 aromatic rings. The van der Waals surface area contributed by atoms with Crippen molar-refractivity contribution in [2.24, 2.45) is 0 Å². The summed E-state index contributed by atoms with van der Waals surface area (Å²) in [5.41, 5.74) is 2.85. The largest absolute Gasteiger partial charge is 0.492 e. The van der Waals surface area contributed by atoms with E-state index in [4.69, 9.17) is 9.47 Å². The maximum Gasteiger partial charge on any atom is 0.333 e. The first-order chi connectivity index (χ1) is 19.4. The molecule has 2 amide bonds. The molecule has 1 atom stereocenters. The number of carboxylic acid groups (broad SMARTS) is 1. The van der Waals surface area contributed by atoms with Crippen LogP contribution in [0.4, 0.5) is 10.5 Å². The second-order valence-electron chi connectivity index (χ2n) is 9.69. The van der Waals surface area contributed by atoms with Gasteiger partial charge in [-0.1, -0.05) is 56.3 Å². The van der Waals surface area contributed by atoms with Gasteiger partial charge in [0, 0.05) is 30.2 Å². The minimum absolute atomic E-state index is 0.156. The minimum Gasteiger partial charge on any atom is -0.492 e. The van der Waals surface area contributed by atoms with E-state index in [-0.39, 0.29) is 12.5 Å². The fourth-order valence-corrected chi connectivity index (χ4v) is 4.92. The first-order valence-corrected chi connectivity index (χ1v) is 14.7. The van der Waals surface area contributed by atoms with Gasteiger partial charge in [-0.15, -0.1) is 11.8 Å². The molecule has 0 heterocycles. The monoisotopic (exact) mass is 564 g/mol. The van der Waals surface area contributed by atoms with E-state index in [2.05, 4.69) is 31.3 Å². The smallest absolute Gasteiger partial charge is 0.333 e. The lowest BCUT2D eigenvalue weighted by atomic mass is 10.0. The average molecular weight is 565 g/mol. The molecule has 3 aromatic carbocycles. The van der Waals surface area contributed by atoms with E-state index in [9.17, 15) is 14.7 Å². The van der Waals surface area contributed by atoms with E-state index in [1.54, 1.807) is 23.6 Å². The molecule has 0 spiro atoms. The van der Waals surface area contributed by atoms with Crippen molar-refractivity contribution in [3.8, 4) is 5.75 Å².